The molecular weight excluding hydrogens is 206 g/mol. The summed E-state index contributed by atoms with van der Waals surface area (Å²) >= 11 is 0. The van der Waals surface area contributed by atoms with Crippen LogP contribution in [-0.2, 0) is 0 Å². The molecule has 2 N–H and O–H groups in total. The van der Waals surface area contributed by atoms with Crippen molar-refractivity contribution in [2.45, 2.75) is 0 Å². The maximum Gasteiger partial charge on any atom is 0.411 e. The van der Waals surface area contributed by atoms with Crippen molar-refractivity contribution in [1.29, 1.82) is 0 Å². The molecule has 0 aromatic heterocycles. The van der Waals surface area contributed by atoms with Crippen LogP contribution in [0.5, 0.6) is 0 Å². The SMILES string of the molecule is O=C(O)NC(=O)c1cccc2ccccc12. The second-order valence-corrected chi connectivity index (χ2v) is 3.29. The maximum absolute atomic E-state index is 11.6. The molecule has 2 amide bonds. The fourth-order valence-electron chi connectivity index (χ4n) is 1.59. The van der Waals surface area contributed by atoms with Gasteiger partial charge >= 0.3 is 6.09 Å². The average molecular weight is 215 g/mol. The number of hydrogen-bond donors (Lipinski definition) is 2. The van der Waals surface area contributed by atoms with Crippen molar-refractivity contribution in [3.63, 3.8) is 0 Å². The predicted molar refractivity (Wildman–Crippen MR) is 59.4 cm³/mol. The molecule has 4 heteroatoms. The highest BCUT2D eigenvalue weighted by Gasteiger charge is 2.11. The Hall–Kier alpha value is -2.36. The monoisotopic (exact) mass is 215 g/mol. The molecule has 0 spiro atoms. The van der Waals surface area contributed by atoms with E-state index in [2.05, 4.69) is 0 Å². The lowest BCUT2D eigenvalue weighted by Gasteiger charge is -2.04. The maximum atomic E-state index is 11.6. The molecule has 4 nitrogen and oxygen atoms in total. The van der Waals surface area contributed by atoms with Crippen molar-refractivity contribution >= 4 is 22.8 Å². The minimum absolute atomic E-state index is 0.362. The van der Waals surface area contributed by atoms with Crippen LogP contribution in [0.25, 0.3) is 10.8 Å². The Bertz CT molecular complexity index is 558. The quantitative estimate of drug-likeness (QED) is 0.766. The summed E-state index contributed by atoms with van der Waals surface area (Å²) in [6.45, 7) is 0. The van der Waals surface area contributed by atoms with E-state index in [9.17, 15) is 9.59 Å². The van der Waals surface area contributed by atoms with Gasteiger partial charge in [-0.1, -0.05) is 36.4 Å². The van der Waals surface area contributed by atoms with Gasteiger partial charge in [0.25, 0.3) is 5.91 Å². The van der Waals surface area contributed by atoms with Gasteiger partial charge in [0.1, 0.15) is 0 Å². The van der Waals surface area contributed by atoms with Crippen molar-refractivity contribution in [2.24, 2.45) is 0 Å². The van der Waals surface area contributed by atoms with Crippen LogP contribution in [0.3, 0.4) is 0 Å². The first-order valence-electron chi connectivity index (χ1n) is 4.70. The van der Waals surface area contributed by atoms with Gasteiger partial charge in [-0.15, -0.1) is 0 Å². The third-order valence-electron chi connectivity index (χ3n) is 2.25. The highest BCUT2D eigenvalue weighted by Crippen LogP contribution is 2.18. The van der Waals surface area contributed by atoms with Crippen LogP contribution in [0.4, 0.5) is 4.79 Å². The Morgan fingerprint density at radius 2 is 1.69 bits per heavy atom. The third-order valence-corrected chi connectivity index (χ3v) is 2.25. The van der Waals surface area contributed by atoms with Gasteiger partial charge in [-0.05, 0) is 16.8 Å². The van der Waals surface area contributed by atoms with Gasteiger partial charge in [-0.3, -0.25) is 10.1 Å². The molecule has 0 aliphatic heterocycles. The molecule has 0 bridgehead atoms. The predicted octanol–water partition coefficient (Wildman–Crippen LogP) is 2.25. The molecule has 0 atom stereocenters. The lowest BCUT2D eigenvalue weighted by Crippen LogP contribution is -2.28. The normalized spacial score (nSPS) is 10.0. The van der Waals surface area contributed by atoms with Crippen LogP contribution < -0.4 is 5.32 Å². The fraction of sp³-hybridized carbons (Fsp3) is 0. The summed E-state index contributed by atoms with van der Waals surface area (Å²) in [4.78, 5) is 22.0. The van der Waals surface area contributed by atoms with Gasteiger partial charge in [-0.2, -0.15) is 0 Å². The Morgan fingerprint density at radius 1 is 1.00 bits per heavy atom. The van der Waals surface area contributed by atoms with Crippen molar-refractivity contribution in [3.8, 4) is 0 Å². The second kappa shape index (κ2) is 4.02. The molecule has 0 heterocycles. The van der Waals surface area contributed by atoms with Crippen LogP contribution >= 0.6 is 0 Å². The van der Waals surface area contributed by atoms with Crippen molar-refractivity contribution in [1.82, 2.24) is 5.32 Å². The molecule has 0 fully saturated rings. The van der Waals surface area contributed by atoms with E-state index >= 15 is 0 Å². The van der Waals surface area contributed by atoms with E-state index in [1.54, 1.807) is 24.3 Å². The van der Waals surface area contributed by atoms with E-state index in [0.717, 1.165) is 10.8 Å². The number of fused-ring (bicyclic) bond motifs is 1. The number of benzene rings is 2. The smallest absolute Gasteiger partial charge is 0.411 e. The minimum atomic E-state index is -1.35. The number of rotatable bonds is 1. The average Bonchev–Trinajstić information content (AvgIpc) is 2.27. The summed E-state index contributed by atoms with van der Waals surface area (Å²) in [6.07, 6.45) is -1.35. The standard InChI is InChI=1S/C12H9NO3/c14-11(13-12(15)16)10-7-3-5-8-4-1-2-6-9(8)10/h1-7H,(H,13,14)(H,15,16). The molecule has 0 radical (unpaired) electrons. The first kappa shape index (κ1) is 10.2. The lowest BCUT2D eigenvalue weighted by molar-refractivity contribution is 0.0949. The van der Waals surface area contributed by atoms with Crippen LogP contribution in [0.1, 0.15) is 10.4 Å². The first-order chi connectivity index (χ1) is 7.68. The molecule has 2 rings (SSSR count). The van der Waals surface area contributed by atoms with Crippen LogP contribution in [0.2, 0.25) is 0 Å². The molecule has 0 unspecified atom stereocenters. The second-order valence-electron chi connectivity index (χ2n) is 3.29. The van der Waals surface area contributed by atoms with Crippen molar-refractivity contribution < 1.29 is 14.7 Å². The van der Waals surface area contributed by atoms with Crippen LogP contribution in [-0.4, -0.2) is 17.1 Å². The van der Waals surface area contributed by atoms with Gasteiger partial charge in [0.15, 0.2) is 0 Å². The molecule has 16 heavy (non-hydrogen) atoms. The van der Waals surface area contributed by atoms with Gasteiger partial charge in [0.2, 0.25) is 0 Å². The Kier molecular flexibility index (Phi) is 2.55. The number of hydrogen-bond acceptors (Lipinski definition) is 2. The summed E-state index contributed by atoms with van der Waals surface area (Å²) in [7, 11) is 0. The van der Waals surface area contributed by atoms with E-state index in [-0.39, 0.29) is 0 Å². The number of imide groups is 1. The zero-order chi connectivity index (χ0) is 11.5. The Morgan fingerprint density at radius 3 is 2.44 bits per heavy atom. The summed E-state index contributed by atoms with van der Waals surface area (Å²) in [5, 5.41) is 12.0. The summed E-state index contributed by atoms with van der Waals surface area (Å²) in [5.74, 6) is -0.607. The number of nitrogens with one attached hydrogen (secondary N) is 1. The Labute approximate surface area is 91.5 Å². The van der Waals surface area contributed by atoms with Crippen molar-refractivity contribution in [2.75, 3.05) is 0 Å². The number of amides is 2. The van der Waals surface area contributed by atoms with Gasteiger partial charge < -0.3 is 5.11 Å². The van der Waals surface area contributed by atoms with E-state index in [1.165, 1.54) is 0 Å². The zero-order valence-corrected chi connectivity index (χ0v) is 8.31. The zero-order valence-electron chi connectivity index (χ0n) is 8.31. The molecule has 0 aliphatic rings. The summed E-state index contributed by atoms with van der Waals surface area (Å²) in [6, 6.07) is 12.5. The van der Waals surface area contributed by atoms with E-state index < -0.39 is 12.0 Å². The molecule has 80 valence electrons. The highest BCUT2D eigenvalue weighted by molar-refractivity contribution is 6.11. The van der Waals surface area contributed by atoms with Crippen molar-refractivity contribution in [3.05, 3.63) is 48.0 Å². The topological polar surface area (TPSA) is 66.4 Å². The van der Waals surface area contributed by atoms with Crippen LogP contribution in [0.15, 0.2) is 42.5 Å². The van der Waals surface area contributed by atoms with Gasteiger partial charge in [0, 0.05) is 5.56 Å². The largest absolute Gasteiger partial charge is 0.465 e. The number of carboxylic acid groups (broad SMARTS) is 1. The van der Waals surface area contributed by atoms with E-state index in [0.29, 0.717) is 5.56 Å². The number of carbonyl (C=O) groups is 2. The third kappa shape index (κ3) is 1.86. The highest BCUT2D eigenvalue weighted by atomic mass is 16.4. The molecule has 2 aromatic rings. The molecule has 0 saturated heterocycles. The molecule has 0 saturated carbocycles. The summed E-state index contributed by atoms with van der Waals surface area (Å²) < 4.78 is 0. The van der Waals surface area contributed by atoms with Crippen LogP contribution in [0, 0.1) is 0 Å². The molecular formula is C12H9NO3. The molecule has 0 aliphatic carbocycles. The first-order valence-corrected chi connectivity index (χ1v) is 4.70. The fourth-order valence-corrected chi connectivity index (χ4v) is 1.59. The number of carbonyl (C=O) groups excluding carboxylic acids is 1. The van der Waals surface area contributed by atoms with Gasteiger partial charge in [-0.25, -0.2) is 4.79 Å². The van der Waals surface area contributed by atoms with Gasteiger partial charge in [0.05, 0.1) is 0 Å². The molecule has 2 aromatic carbocycles. The Balaban J connectivity index is 2.52. The lowest BCUT2D eigenvalue weighted by atomic mass is 10.0. The van der Waals surface area contributed by atoms with E-state index in [4.69, 9.17) is 5.11 Å². The minimum Gasteiger partial charge on any atom is -0.465 e. The van der Waals surface area contributed by atoms with E-state index in [1.807, 2.05) is 23.5 Å². The summed E-state index contributed by atoms with van der Waals surface area (Å²) in [5.41, 5.74) is 0.362.